The number of thioether (sulfide) groups is 1. The summed E-state index contributed by atoms with van der Waals surface area (Å²) in [6, 6.07) is 7.96. The van der Waals surface area contributed by atoms with Crippen LogP contribution in [0.2, 0.25) is 0 Å². The second kappa shape index (κ2) is 9.28. The minimum Gasteiger partial charge on any atom is -0.466 e. The van der Waals surface area contributed by atoms with E-state index in [1.807, 2.05) is 49.1 Å². The molecule has 1 aromatic carbocycles. The molecule has 150 valence electrons. The molecule has 1 fully saturated rings. The van der Waals surface area contributed by atoms with Crippen LogP contribution in [0.5, 0.6) is 0 Å². The van der Waals surface area contributed by atoms with E-state index < -0.39 is 0 Å². The van der Waals surface area contributed by atoms with Crippen LogP contribution in [0, 0.1) is 5.92 Å². The number of carbonyl (C=O) groups is 2. The van der Waals surface area contributed by atoms with Gasteiger partial charge < -0.3 is 14.2 Å². The third-order valence-electron chi connectivity index (χ3n) is 4.99. The molecule has 1 aliphatic rings. The summed E-state index contributed by atoms with van der Waals surface area (Å²) in [4.78, 5) is 31.4. The molecule has 3 rings (SSSR count). The van der Waals surface area contributed by atoms with Gasteiger partial charge in [-0.3, -0.25) is 9.59 Å². The van der Waals surface area contributed by atoms with Crippen LogP contribution in [-0.4, -0.2) is 51.3 Å². The molecule has 28 heavy (non-hydrogen) atoms. The molecule has 1 saturated heterocycles. The summed E-state index contributed by atoms with van der Waals surface area (Å²) < 4.78 is 7.19. The normalized spacial score (nSPS) is 16.1. The number of fused-ring (bicyclic) bond motifs is 1. The van der Waals surface area contributed by atoms with Crippen LogP contribution >= 0.6 is 11.8 Å². The fourth-order valence-electron chi connectivity index (χ4n) is 3.51. The van der Waals surface area contributed by atoms with Gasteiger partial charge in [0.15, 0.2) is 5.16 Å². The lowest BCUT2D eigenvalue weighted by molar-refractivity contribution is -0.151. The number of hydrogen-bond donors (Lipinski definition) is 0. The number of piperidine rings is 1. The molecule has 0 radical (unpaired) electrons. The third kappa shape index (κ3) is 4.41. The Morgan fingerprint density at radius 2 is 2.07 bits per heavy atom. The summed E-state index contributed by atoms with van der Waals surface area (Å²) in [5, 5.41) is 0.572. The number of rotatable bonds is 7. The highest BCUT2D eigenvalue weighted by molar-refractivity contribution is 8.00. The number of imidazole rings is 1. The summed E-state index contributed by atoms with van der Waals surface area (Å²) in [5.74, 6) is -0.150. The number of aromatic nitrogens is 2. The Bertz CT molecular complexity index is 856. The molecule has 0 spiro atoms. The number of ether oxygens (including phenoxy) is 1. The first-order valence-electron chi connectivity index (χ1n) is 9.73. The van der Waals surface area contributed by atoms with E-state index in [1.165, 1.54) is 11.8 Å². The van der Waals surface area contributed by atoms with Crippen LogP contribution in [0.15, 0.2) is 42.1 Å². The Kier molecular flexibility index (Phi) is 6.78. The molecule has 1 atom stereocenters. The highest BCUT2D eigenvalue weighted by atomic mass is 32.2. The number of carbonyl (C=O) groups excluding carboxylic acids is 2. The van der Waals surface area contributed by atoms with E-state index in [4.69, 9.17) is 9.72 Å². The van der Waals surface area contributed by atoms with Crippen molar-refractivity contribution in [3.8, 4) is 0 Å². The highest BCUT2D eigenvalue weighted by Gasteiger charge is 2.31. The zero-order valence-corrected chi connectivity index (χ0v) is 17.3. The van der Waals surface area contributed by atoms with E-state index >= 15 is 0 Å². The van der Waals surface area contributed by atoms with Crippen molar-refractivity contribution in [2.75, 3.05) is 19.7 Å². The molecule has 0 aliphatic carbocycles. The molecule has 1 aliphatic heterocycles. The van der Waals surface area contributed by atoms with Crippen LogP contribution in [-0.2, 0) is 20.9 Å². The van der Waals surface area contributed by atoms with Crippen molar-refractivity contribution >= 4 is 34.7 Å². The fraction of sp³-hybridized carbons (Fsp3) is 0.476. The first kappa shape index (κ1) is 20.5. The number of nitrogens with zero attached hydrogens (tertiary/aromatic N) is 3. The Morgan fingerprint density at radius 3 is 2.75 bits per heavy atom. The molecule has 1 aromatic heterocycles. The van der Waals surface area contributed by atoms with E-state index in [2.05, 4.69) is 11.1 Å². The van der Waals surface area contributed by atoms with Crippen LogP contribution < -0.4 is 0 Å². The van der Waals surface area contributed by atoms with Crippen molar-refractivity contribution < 1.29 is 14.3 Å². The molecular formula is C21H27N3O3S. The molecule has 2 heterocycles. The highest BCUT2D eigenvalue weighted by Crippen LogP contribution is 2.29. The van der Waals surface area contributed by atoms with Crippen molar-refractivity contribution in [3.05, 3.63) is 36.9 Å². The Balaban J connectivity index is 1.65. The average Bonchev–Trinajstić information content (AvgIpc) is 3.05. The van der Waals surface area contributed by atoms with Gasteiger partial charge in [0, 0.05) is 19.6 Å². The summed E-state index contributed by atoms with van der Waals surface area (Å²) in [7, 11) is 0. The van der Waals surface area contributed by atoms with Gasteiger partial charge in [-0.2, -0.15) is 0 Å². The summed E-state index contributed by atoms with van der Waals surface area (Å²) in [5.41, 5.74) is 1.96. The predicted molar refractivity (Wildman–Crippen MR) is 111 cm³/mol. The lowest BCUT2D eigenvalue weighted by atomic mass is 9.97. The zero-order chi connectivity index (χ0) is 20.1. The fourth-order valence-corrected chi connectivity index (χ4v) is 4.53. The average molecular weight is 402 g/mol. The van der Waals surface area contributed by atoms with Crippen LogP contribution in [0.1, 0.15) is 26.7 Å². The summed E-state index contributed by atoms with van der Waals surface area (Å²) >= 11 is 1.47. The number of hydrogen-bond acceptors (Lipinski definition) is 5. The van der Waals surface area contributed by atoms with Crippen LogP contribution in [0.4, 0.5) is 0 Å². The molecular weight excluding hydrogens is 374 g/mol. The zero-order valence-electron chi connectivity index (χ0n) is 16.5. The molecule has 0 N–H and O–H groups in total. The van der Waals surface area contributed by atoms with E-state index in [-0.39, 0.29) is 23.0 Å². The second-order valence-electron chi connectivity index (χ2n) is 6.89. The maximum absolute atomic E-state index is 12.9. The van der Waals surface area contributed by atoms with Crippen molar-refractivity contribution in [3.63, 3.8) is 0 Å². The van der Waals surface area contributed by atoms with E-state index in [1.54, 1.807) is 0 Å². The van der Waals surface area contributed by atoms with Gasteiger partial charge in [-0.1, -0.05) is 30.0 Å². The Morgan fingerprint density at radius 1 is 1.36 bits per heavy atom. The lowest BCUT2D eigenvalue weighted by Gasteiger charge is -2.32. The van der Waals surface area contributed by atoms with Crippen molar-refractivity contribution in [2.45, 2.75) is 43.6 Å². The van der Waals surface area contributed by atoms with Gasteiger partial charge in [0.1, 0.15) is 0 Å². The molecule has 0 bridgehead atoms. The lowest BCUT2D eigenvalue weighted by Crippen LogP contribution is -2.43. The first-order chi connectivity index (χ1) is 13.5. The largest absolute Gasteiger partial charge is 0.466 e. The monoisotopic (exact) mass is 401 g/mol. The molecule has 2 aromatic rings. The summed E-state index contributed by atoms with van der Waals surface area (Å²) in [6.07, 6.45) is 3.17. The maximum Gasteiger partial charge on any atom is 0.309 e. The van der Waals surface area contributed by atoms with E-state index in [9.17, 15) is 9.59 Å². The van der Waals surface area contributed by atoms with Gasteiger partial charge in [0.25, 0.3) is 0 Å². The number of benzene rings is 1. The molecule has 6 nitrogen and oxygen atoms in total. The molecule has 1 unspecified atom stereocenters. The maximum atomic E-state index is 12.9. The molecule has 1 amide bonds. The number of esters is 1. The van der Waals surface area contributed by atoms with Crippen LogP contribution in [0.3, 0.4) is 0 Å². The number of likely N-dealkylation sites (tertiary alicyclic amines) is 1. The minimum absolute atomic E-state index is 0.0875. The van der Waals surface area contributed by atoms with Crippen LogP contribution in [0.25, 0.3) is 11.0 Å². The minimum atomic E-state index is -0.250. The Labute approximate surface area is 169 Å². The van der Waals surface area contributed by atoms with Crippen molar-refractivity contribution in [2.24, 2.45) is 5.92 Å². The first-order valence-corrected chi connectivity index (χ1v) is 10.6. The van der Waals surface area contributed by atoms with Gasteiger partial charge >= 0.3 is 5.97 Å². The van der Waals surface area contributed by atoms with Gasteiger partial charge in [0.05, 0.1) is 28.8 Å². The second-order valence-corrected chi connectivity index (χ2v) is 8.20. The quantitative estimate of drug-likeness (QED) is 0.404. The van der Waals surface area contributed by atoms with E-state index in [0.29, 0.717) is 39.1 Å². The van der Waals surface area contributed by atoms with Crippen molar-refractivity contribution in [1.29, 1.82) is 0 Å². The number of amides is 1. The Hall–Kier alpha value is -2.28. The standard InChI is InChI=1S/C21H27N3O3S/c1-4-12-24-18-9-7-6-8-17(18)22-21(24)28-15(3)19(25)23-13-10-16(11-14-23)20(26)27-5-2/h4,6-9,15-16H,1,5,10-14H2,2-3H3. The summed E-state index contributed by atoms with van der Waals surface area (Å²) in [6.45, 7) is 9.80. The number of allylic oxidation sites excluding steroid dienone is 1. The topological polar surface area (TPSA) is 64.4 Å². The van der Waals surface area contributed by atoms with Gasteiger partial charge in [-0.05, 0) is 38.8 Å². The van der Waals surface area contributed by atoms with E-state index in [0.717, 1.165) is 16.2 Å². The SMILES string of the molecule is C=CCn1c(SC(C)C(=O)N2CCC(C(=O)OCC)CC2)nc2ccccc21. The predicted octanol–water partition coefficient (Wildman–Crippen LogP) is 3.50. The number of para-hydroxylation sites is 2. The van der Waals surface area contributed by atoms with Gasteiger partial charge in [-0.25, -0.2) is 4.98 Å². The third-order valence-corrected chi connectivity index (χ3v) is 6.07. The van der Waals surface area contributed by atoms with Gasteiger partial charge in [0.2, 0.25) is 5.91 Å². The molecule has 7 heteroatoms. The van der Waals surface area contributed by atoms with Crippen molar-refractivity contribution in [1.82, 2.24) is 14.5 Å². The smallest absolute Gasteiger partial charge is 0.309 e. The van der Waals surface area contributed by atoms with Gasteiger partial charge in [-0.15, -0.1) is 6.58 Å². The molecule has 0 saturated carbocycles.